The van der Waals surface area contributed by atoms with Crippen molar-refractivity contribution in [1.29, 1.82) is 0 Å². The van der Waals surface area contributed by atoms with Crippen molar-refractivity contribution in [1.82, 2.24) is 25.2 Å². The number of benzene rings is 1. The lowest BCUT2D eigenvalue weighted by atomic mass is 9.75. The number of aryl methyl sites for hydroxylation is 1. The first-order valence-electron chi connectivity index (χ1n) is 12.3. The van der Waals surface area contributed by atoms with Gasteiger partial charge in [-0.05, 0) is 82.7 Å². The third kappa shape index (κ3) is 6.89. The first-order valence-corrected chi connectivity index (χ1v) is 13.1. The van der Waals surface area contributed by atoms with Crippen LogP contribution in [0.25, 0.3) is 0 Å². The number of pyridine rings is 1. The van der Waals surface area contributed by atoms with Gasteiger partial charge in [-0.15, -0.1) is 5.10 Å². The van der Waals surface area contributed by atoms with Crippen molar-refractivity contribution in [3.05, 3.63) is 62.9 Å². The predicted octanol–water partition coefficient (Wildman–Crippen LogP) is 6.16. The Balaban J connectivity index is 1.79. The first-order chi connectivity index (χ1) is 18.2. The summed E-state index contributed by atoms with van der Waals surface area (Å²) in [6.07, 6.45) is -3.77. The standard InChI is InChI=1S/C25H28BrF6N7/c1-15(33)11-23(5-3-4-6-23)21-17(9-20(26)12-34-21)14-39(22-35-37-38(2)36-22)13-16-7-18(24(27,28)29)10-19(8-16)25(30,31)32/h7-10,12,15H,3-6,11,13-14,33H2,1-2H3. The fourth-order valence-electron chi connectivity index (χ4n) is 5.42. The molecule has 2 N–H and O–H groups in total. The van der Waals surface area contributed by atoms with E-state index in [1.165, 1.54) is 16.7 Å². The third-order valence-electron chi connectivity index (χ3n) is 6.87. The smallest absolute Gasteiger partial charge is 0.329 e. The number of alkyl halides is 6. The molecule has 1 aliphatic carbocycles. The molecule has 212 valence electrons. The van der Waals surface area contributed by atoms with Crippen molar-refractivity contribution < 1.29 is 26.3 Å². The van der Waals surface area contributed by atoms with Gasteiger partial charge in [0, 0.05) is 35.2 Å². The number of hydrogen-bond acceptors (Lipinski definition) is 6. The molecular weight excluding hydrogens is 592 g/mol. The van der Waals surface area contributed by atoms with Gasteiger partial charge in [0.2, 0.25) is 0 Å². The van der Waals surface area contributed by atoms with Gasteiger partial charge >= 0.3 is 12.4 Å². The van der Waals surface area contributed by atoms with E-state index in [-0.39, 0.29) is 42.1 Å². The van der Waals surface area contributed by atoms with E-state index in [0.717, 1.165) is 36.9 Å². The van der Waals surface area contributed by atoms with Crippen LogP contribution in [0.5, 0.6) is 0 Å². The van der Waals surface area contributed by atoms with Gasteiger partial charge in [0.1, 0.15) is 0 Å². The number of hydrogen-bond donors (Lipinski definition) is 1. The normalized spacial score (nSPS) is 16.5. The molecule has 3 aromatic rings. The highest BCUT2D eigenvalue weighted by Crippen LogP contribution is 2.45. The quantitative estimate of drug-likeness (QED) is 0.304. The molecule has 4 rings (SSSR count). The summed E-state index contributed by atoms with van der Waals surface area (Å²) in [6, 6.07) is 3.31. The van der Waals surface area contributed by atoms with E-state index < -0.39 is 23.5 Å². The molecule has 1 aliphatic rings. The Morgan fingerprint density at radius 3 is 2.15 bits per heavy atom. The second kappa shape index (κ2) is 11.0. The molecular formula is C25H28BrF6N7. The van der Waals surface area contributed by atoms with Crippen molar-refractivity contribution in [2.75, 3.05) is 4.90 Å². The minimum Gasteiger partial charge on any atom is -0.329 e. The molecule has 0 bridgehead atoms. The minimum atomic E-state index is -4.96. The highest BCUT2D eigenvalue weighted by molar-refractivity contribution is 9.10. The molecule has 0 spiro atoms. The number of nitrogens with two attached hydrogens (primary N) is 1. The Bertz CT molecular complexity index is 1270. The first kappa shape index (κ1) is 29.2. The summed E-state index contributed by atoms with van der Waals surface area (Å²) >= 11 is 3.45. The number of nitrogens with zero attached hydrogens (tertiary/aromatic N) is 6. The van der Waals surface area contributed by atoms with Crippen LogP contribution in [0, 0.1) is 0 Å². The maximum Gasteiger partial charge on any atom is 0.416 e. The van der Waals surface area contributed by atoms with Gasteiger partial charge in [0.25, 0.3) is 5.95 Å². The lowest BCUT2D eigenvalue weighted by molar-refractivity contribution is -0.143. The topological polar surface area (TPSA) is 85.8 Å². The summed E-state index contributed by atoms with van der Waals surface area (Å²) in [5.41, 5.74) is 4.53. The largest absolute Gasteiger partial charge is 0.416 e. The van der Waals surface area contributed by atoms with Crippen molar-refractivity contribution in [3.63, 3.8) is 0 Å². The van der Waals surface area contributed by atoms with E-state index in [9.17, 15) is 26.3 Å². The Hall–Kier alpha value is -2.74. The molecule has 14 heteroatoms. The van der Waals surface area contributed by atoms with Gasteiger partial charge in [0.05, 0.1) is 23.9 Å². The molecule has 2 heterocycles. The molecule has 1 fully saturated rings. The van der Waals surface area contributed by atoms with Gasteiger partial charge in [-0.1, -0.05) is 17.9 Å². The average Bonchev–Trinajstić information content (AvgIpc) is 3.46. The number of anilines is 1. The van der Waals surface area contributed by atoms with Gasteiger partial charge in [0.15, 0.2) is 0 Å². The zero-order valence-corrected chi connectivity index (χ0v) is 22.9. The van der Waals surface area contributed by atoms with Gasteiger partial charge in [-0.25, -0.2) is 0 Å². The molecule has 1 saturated carbocycles. The van der Waals surface area contributed by atoms with Crippen molar-refractivity contribution in [3.8, 4) is 0 Å². The van der Waals surface area contributed by atoms with E-state index in [4.69, 9.17) is 10.7 Å². The summed E-state index contributed by atoms with van der Waals surface area (Å²) < 4.78 is 81.8. The fraction of sp³-hybridized carbons (Fsp3) is 0.520. The van der Waals surface area contributed by atoms with Gasteiger partial charge in [-0.3, -0.25) is 4.98 Å². The zero-order chi connectivity index (χ0) is 28.6. The zero-order valence-electron chi connectivity index (χ0n) is 21.3. The second-order valence-corrected chi connectivity index (χ2v) is 11.1. The van der Waals surface area contributed by atoms with Crippen LogP contribution >= 0.6 is 15.9 Å². The lowest BCUT2D eigenvalue weighted by Crippen LogP contribution is -2.34. The minimum absolute atomic E-state index is 0.0575. The molecule has 1 aromatic carbocycles. The van der Waals surface area contributed by atoms with Crippen LogP contribution in [0.15, 0.2) is 34.9 Å². The number of tetrazole rings is 1. The van der Waals surface area contributed by atoms with Crippen LogP contribution in [0.3, 0.4) is 0 Å². The molecule has 0 aliphatic heterocycles. The number of aromatic nitrogens is 5. The molecule has 2 aromatic heterocycles. The maximum atomic E-state index is 13.5. The summed E-state index contributed by atoms with van der Waals surface area (Å²) in [7, 11) is 1.52. The van der Waals surface area contributed by atoms with E-state index in [0.29, 0.717) is 23.0 Å². The van der Waals surface area contributed by atoms with Gasteiger partial charge in [-0.2, -0.15) is 31.1 Å². The van der Waals surface area contributed by atoms with Crippen molar-refractivity contribution in [2.45, 2.75) is 75.9 Å². The summed E-state index contributed by atoms with van der Waals surface area (Å²) in [5.74, 6) is 0.0575. The highest BCUT2D eigenvalue weighted by Gasteiger charge is 2.40. The maximum absolute atomic E-state index is 13.5. The van der Waals surface area contributed by atoms with Crippen LogP contribution < -0.4 is 10.6 Å². The van der Waals surface area contributed by atoms with E-state index in [1.54, 1.807) is 6.20 Å². The monoisotopic (exact) mass is 619 g/mol. The van der Waals surface area contributed by atoms with Crippen LogP contribution in [0.4, 0.5) is 32.3 Å². The van der Waals surface area contributed by atoms with Crippen molar-refractivity contribution >= 4 is 21.9 Å². The SMILES string of the molecule is CC(N)CC1(c2ncc(Br)cc2CN(Cc2cc(C(F)(F)F)cc(C(F)(F)F)c2)c2nnn(C)n2)CCCC1. The van der Waals surface area contributed by atoms with E-state index in [2.05, 4.69) is 31.3 Å². The Kier molecular flexibility index (Phi) is 8.27. The van der Waals surface area contributed by atoms with E-state index in [1.807, 2.05) is 13.0 Å². The second-order valence-electron chi connectivity index (χ2n) is 10.2. The molecule has 39 heavy (non-hydrogen) atoms. The summed E-state index contributed by atoms with van der Waals surface area (Å²) in [6.45, 7) is 1.68. The van der Waals surface area contributed by atoms with E-state index >= 15 is 0 Å². The lowest BCUT2D eigenvalue weighted by Gasteiger charge is -2.33. The molecule has 0 saturated heterocycles. The van der Waals surface area contributed by atoms with Crippen LogP contribution in [-0.4, -0.2) is 31.2 Å². The Morgan fingerprint density at radius 1 is 1.03 bits per heavy atom. The number of rotatable bonds is 8. The third-order valence-corrected chi connectivity index (χ3v) is 7.31. The fourth-order valence-corrected chi connectivity index (χ4v) is 5.80. The molecule has 0 amide bonds. The highest BCUT2D eigenvalue weighted by atomic mass is 79.9. The Labute approximate surface area is 229 Å². The van der Waals surface area contributed by atoms with Crippen LogP contribution in [-0.2, 0) is 37.9 Å². The molecule has 0 radical (unpaired) electrons. The van der Waals surface area contributed by atoms with Gasteiger partial charge < -0.3 is 10.6 Å². The molecule has 1 unspecified atom stereocenters. The predicted molar refractivity (Wildman–Crippen MR) is 135 cm³/mol. The van der Waals surface area contributed by atoms with Crippen LogP contribution in [0.2, 0.25) is 0 Å². The average molecular weight is 620 g/mol. The number of halogens is 7. The van der Waals surface area contributed by atoms with Crippen molar-refractivity contribution in [2.24, 2.45) is 12.8 Å². The Morgan fingerprint density at radius 2 is 1.64 bits per heavy atom. The molecule has 7 nitrogen and oxygen atoms in total. The van der Waals surface area contributed by atoms with Crippen LogP contribution in [0.1, 0.15) is 67.0 Å². The molecule has 1 atom stereocenters. The summed E-state index contributed by atoms with van der Waals surface area (Å²) in [5, 5.41) is 12.0. The summed E-state index contributed by atoms with van der Waals surface area (Å²) in [4.78, 5) is 7.42.